The molecule has 0 unspecified atom stereocenters. The zero-order chi connectivity index (χ0) is 17.1. The van der Waals surface area contributed by atoms with Gasteiger partial charge in [0.05, 0.1) is 0 Å². The number of aliphatic carboxylic acids is 2. The van der Waals surface area contributed by atoms with Gasteiger partial charge >= 0.3 is 60.8 Å². The van der Waals surface area contributed by atoms with Crippen molar-refractivity contribution in [3.8, 4) is 0 Å². The van der Waals surface area contributed by atoms with Crippen LogP contribution in [0.4, 0.5) is 0 Å². The number of benzene rings is 1. The summed E-state index contributed by atoms with van der Waals surface area (Å²) in [5.74, 6) is -2.56. The molecule has 1 aromatic carbocycles. The van der Waals surface area contributed by atoms with Gasteiger partial charge in [-0.1, -0.05) is 88.6 Å². The van der Waals surface area contributed by atoms with Gasteiger partial charge in [-0.2, -0.15) is 0 Å². The summed E-state index contributed by atoms with van der Waals surface area (Å²) in [7, 11) is 0. The molecule has 0 saturated carbocycles. The standard InChI is InChI=1S/C19H28O4.Ba.2H/c1-2-3-4-5-6-7-8-12-15-19(17(20)21,18(22)23)16-13-10-9-11-14-16;;;/h9-11,13-14H,2-8,12,15H2,1H3,(H,20,21)(H,22,23);;;. The van der Waals surface area contributed by atoms with E-state index < -0.39 is 17.4 Å². The molecule has 1 aromatic rings. The number of rotatable bonds is 12. The summed E-state index contributed by atoms with van der Waals surface area (Å²) < 4.78 is 0. The molecule has 5 heteroatoms. The predicted octanol–water partition coefficient (Wildman–Crippen LogP) is 3.71. The van der Waals surface area contributed by atoms with E-state index in [0.29, 0.717) is 12.0 Å². The van der Waals surface area contributed by atoms with Crippen LogP contribution in [0.1, 0.15) is 70.3 Å². The second kappa shape index (κ2) is 13.0. The summed E-state index contributed by atoms with van der Waals surface area (Å²) in [6.07, 6.45) is 8.72. The van der Waals surface area contributed by atoms with Gasteiger partial charge in [0, 0.05) is 0 Å². The molecule has 0 aliphatic heterocycles. The molecule has 24 heavy (non-hydrogen) atoms. The first kappa shape index (κ1) is 23.7. The molecular formula is C19H30BaO4. The third kappa shape index (κ3) is 6.92. The number of unbranched alkanes of at least 4 members (excludes halogenated alkanes) is 7. The average molecular weight is 460 g/mol. The van der Waals surface area contributed by atoms with Crippen molar-refractivity contribution in [2.24, 2.45) is 0 Å². The number of carboxylic acids is 2. The zero-order valence-electron chi connectivity index (χ0n) is 14.0. The first-order valence-electron chi connectivity index (χ1n) is 8.58. The Balaban J connectivity index is 0.00000529. The van der Waals surface area contributed by atoms with Crippen molar-refractivity contribution in [2.45, 2.75) is 70.1 Å². The minimum atomic E-state index is -1.83. The van der Waals surface area contributed by atoms with Crippen LogP contribution in [0.2, 0.25) is 0 Å². The summed E-state index contributed by atoms with van der Waals surface area (Å²) in [6.45, 7) is 2.18. The van der Waals surface area contributed by atoms with Gasteiger partial charge in [-0.05, 0) is 12.0 Å². The van der Waals surface area contributed by atoms with Crippen LogP contribution in [-0.2, 0) is 15.0 Å². The Morgan fingerprint density at radius 2 is 1.29 bits per heavy atom. The van der Waals surface area contributed by atoms with Gasteiger partial charge in [-0.3, -0.25) is 9.59 Å². The van der Waals surface area contributed by atoms with E-state index in [1.165, 1.54) is 25.7 Å². The third-order valence-corrected chi connectivity index (χ3v) is 4.40. The summed E-state index contributed by atoms with van der Waals surface area (Å²) in [4.78, 5) is 23.4. The van der Waals surface area contributed by atoms with E-state index in [9.17, 15) is 19.8 Å². The molecule has 0 fully saturated rings. The summed E-state index contributed by atoms with van der Waals surface area (Å²) >= 11 is 0. The second-order valence-corrected chi connectivity index (χ2v) is 6.11. The maximum absolute atomic E-state index is 11.7. The van der Waals surface area contributed by atoms with E-state index in [4.69, 9.17) is 0 Å². The molecule has 2 N–H and O–H groups in total. The van der Waals surface area contributed by atoms with Gasteiger partial charge in [-0.25, -0.2) is 0 Å². The molecule has 0 saturated heterocycles. The van der Waals surface area contributed by atoms with Crippen LogP contribution in [0.5, 0.6) is 0 Å². The van der Waals surface area contributed by atoms with Gasteiger partial charge in [-0.15, -0.1) is 0 Å². The molecule has 0 atom stereocenters. The van der Waals surface area contributed by atoms with Gasteiger partial charge in [0.15, 0.2) is 5.41 Å². The van der Waals surface area contributed by atoms with E-state index in [1.807, 2.05) is 0 Å². The van der Waals surface area contributed by atoms with Crippen molar-refractivity contribution in [3.05, 3.63) is 35.9 Å². The first-order valence-corrected chi connectivity index (χ1v) is 8.58. The SMILES string of the molecule is CCCCCCCCCCC(C(=O)O)(C(=O)O)c1ccccc1.[BaH2]. The molecule has 0 radical (unpaired) electrons. The molecule has 0 aromatic heterocycles. The Kier molecular flexibility index (Phi) is 12.9. The number of carboxylic acid groups (broad SMARTS) is 2. The van der Waals surface area contributed by atoms with Crippen LogP contribution >= 0.6 is 0 Å². The molecular weight excluding hydrogens is 430 g/mol. The Bertz CT molecular complexity index is 473. The number of carbonyl (C=O) groups is 2. The fourth-order valence-corrected chi connectivity index (χ4v) is 2.94. The Morgan fingerprint density at radius 1 is 0.833 bits per heavy atom. The summed E-state index contributed by atoms with van der Waals surface area (Å²) in [6, 6.07) is 8.31. The van der Waals surface area contributed by atoms with Crippen LogP contribution in [0.15, 0.2) is 30.3 Å². The van der Waals surface area contributed by atoms with E-state index in [-0.39, 0.29) is 55.3 Å². The second-order valence-electron chi connectivity index (χ2n) is 6.11. The van der Waals surface area contributed by atoms with Crippen LogP contribution < -0.4 is 0 Å². The minimum absolute atomic E-state index is 0. The van der Waals surface area contributed by atoms with Gasteiger partial charge in [0.2, 0.25) is 0 Å². The summed E-state index contributed by atoms with van der Waals surface area (Å²) in [5, 5.41) is 19.1. The Morgan fingerprint density at radius 3 is 1.75 bits per heavy atom. The molecule has 0 heterocycles. The van der Waals surface area contributed by atoms with Crippen LogP contribution in [-0.4, -0.2) is 71.0 Å². The van der Waals surface area contributed by atoms with Crippen molar-refractivity contribution in [3.63, 3.8) is 0 Å². The van der Waals surface area contributed by atoms with E-state index in [2.05, 4.69) is 6.92 Å². The Labute approximate surface area is 185 Å². The van der Waals surface area contributed by atoms with Crippen LogP contribution in [0.3, 0.4) is 0 Å². The molecule has 0 bridgehead atoms. The van der Waals surface area contributed by atoms with E-state index >= 15 is 0 Å². The van der Waals surface area contributed by atoms with Crippen molar-refractivity contribution < 1.29 is 19.8 Å². The fourth-order valence-electron chi connectivity index (χ4n) is 2.94. The van der Waals surface area contributed by atoms with Crippen LogP contribution in [0.25, 0.3) is 0 Å². The van der Waals surface area contributed by atoms with Crippen molar-refractivity contribution in [1.82, 2.24) is 0 Å². The molecule has 0 amide bonds. The van der Waals surface area contributed by atoms with Crippen molar-refractivity contribution >= 4 is 60.8 Å². The van der Waals surface area contributed by atoms with Crippen LogP contribution in [0, 0.1) is 0 Å². The molecule has 132 valence electrons. The molecule has 0 aliphatic carbocycles. The number of hydrogen-bond acceptors (Lipinski definition) is 2. The van der Waals surface area contributed by atoms with Gasteiger partial charge in [0.1, 0.15) is 0 Å². The predicted molar refractivity (Wildman–Crippen MR) is 99.2 cm³/mol. The third-order valence-electron chi connectivity index (χ3n) is 4.40. The number of hydrogen-bond donors (Lipinski definition) is 2. The average Bonchev–Trinajstić information content (AvgIpc) is 2.54. The van der Waals surface area contributed by atoms with Crippen molar-refractivity contribution in [1.29, 1.82) is 0 Å². The Hall–Kier alpha value is -0.269. The maximum atomic E-state index is 11.7. The molecule has 0 spiro atoms. The van der Waals surface area contributed by atoms with E-state index in [1.54, 1.807) is 30.3 Å². The monoisotopic (exact) mass is 460 g/mol. The first-order chi connectivity index (χ1) is 11.1. The summed E-state index contributed by atoms with van der Waals surface area (Å²) in [5.41, 5.74) is -1.48. The van der Waals surface area contributed by atoms with Crippen molar-refractivity contribution in [2.75, 3.05) is 0 Å². The quantitative estimate of drug-likeness (QED) is 0.284. The zero-order valence-corrected chi connectivity index (χ0v) is 14.0. The molecule has 1 rings (SSSR count). The van der Waals surface area contributed by atoms with E-state index in [0.717, 1.165) is 19.3 Å². The van der Waals surface area contributed by atoms with Gasteiger partial charge in [0.25, 0.3) is 0 Å². The van der Waals surface area contributed by atoms with Gasteiger partial charge < -0.3 is 10.2 Å². The molecule has 4 nitrogen and oxygen atoms in total. The topological polar surface area (TPSA) is 74.6 Å². The molecule has 0 aliphatic rings. The normalized spacial score (nSPS) is 10.9. The fraction of sp³-hybridized carbons (Fsp3) is 0.579.